The quantitative estimate of drug-likeness (QED) is 0.919. The summed E-state index contributed by atoms with van der Waals surface area (Å²) in [4.78, 5) is 15.3. The lowest BCUT2D eigenvalue weighted by molar-refractivity contribution is 0.629. The van der Waals surface area contributed by atoms with E-state index in [1.165, 1.54) is 5.56 Å². The molecule has 0 aliphatic heterocycles. The van der Waals surface area contributed by atoms with E-state index >= 15 is 0 Å². The highest BCUT2D eigenvalue weighted by atomic mass is 15.2. The van der Waals surface area contributed by atoms with Gasteiger partial charge in [0.05, 0.1) is 0 Å². The van der Waals surface area contributed by atoms with Crippen LogP contribution in [0.4, 0.5) is 11.8 Å². The van der Waals surface area contributed by atoms with Crippen LogP contribution in [-0.2, 0) is 6.42 Å². The predicted octanol–water partition coefficient (Wildman–Crippen LogP) is 3.07. The minimum absolute atomic E-state index is 0.0202. The van der Waals surface area contributed by atoms with Crippen LogP contribution in [0.1, 0.15) is 32.0 Å². The Hall–Kier alpha value is -2.17. The third-order valence-electron chi connectivity index (χ3n) is 3.17. The second kappa shape index (κ2) is 6.73. The summed E-state index contributed by atoms with van der Waals surface area (Å²) in [6.07, 6.45) is 4.59. The predicted molar refractivity (Wildman–Crippen MR) is 91.4 cm³/mol. The van der Waals surface area contributed by atoms with Gasteiger partial charge in [-0.2, -0.15) is 4.98 Å². The van der Waals surface area contributed by atoms with Gasteiger partial charge in [-0.05, 0) is 51.8 Å². The number of nitrogens with one attached hydrogen (secondary N) is 1. The molecule has 2 heterocycles. The number of aromatic nitrogens is 3. The summed E-state index contributed by atoms with van der Waals surface area (Å²) in [5, 5.41) is 3.40. The Kier molecular flexibility index (Phi) is 4.96. The van der Waals surface area contributed by atoms with Gasteiger partial charge in [0, 0.05) is 43.3 Å². The number of rotatable bonds is 5. The largest absolute Gasteiger partial charge is 0.365 e. The van der Waals surface area contributed by atoms with Crippen LogP contribution in [0.3, 0.4) is 0 Å². The molecule has 118 valence electrons. The number of hydrogen-bond acceptors (Lipinski definition) is 5. The van der Waals surface area contributed by atoms with Gasteiger partial charge in [-0.1, -0.05) is 0 Å². The molecule has 0 spiro atoms. The van der Waals surface area contributed by atoms with Crippen molar-refractivity contribution in [1.29, 1.82) is 0 Å². The number of pyridine rings is 1. The molecule has 0 aromatic carbocycles. The fourth-order valence-electron chi connectivity index (χ4n) is 2.12. The molecule has 0 fully saturated rings. The first-order chi connectivity index (χ1) is 10.3. The monoisotopic (exact) mass is 299 g/mol. The molecule has 22 heavy (non-hydrogen) atoms. The van der Waals surface area contributed by atoms with Crippen molar-refractivity contribution in [2.75, 3.05) is 23.8 Å². The van der Waals surface area contributed by atoms with Crippen LogP contribution in [-0.4, -0.2) is 34.1 Å². The van der Waals surface area contributed by atoms with E-state index in [1.54, 1.807) is 0 Å². The molecule has 0 saturated heterocycles. The summed E-state index contributed by atoms with van der Waals surface area (Å²) in [6.45, 7) is 9.23. The van der Waals surface area contributed by atoms with Crippen LogP contribution in [0.25, 0.3) is 0 Å². The van der Waals surface area contributed by atoms with E-state index in [4.69, 9.17) is 0 Å². The molecule has 5 heteroatoms. The van der Waals surface area contributed by atoms with Crippen molar-refractivity contribution in [3.05, 3.63) is 41.9 Å². The molecule has 2 aromatic rings. The molecular weight excluding hydrogens is 274 g/mol. The molecular formula is C17H25N5. The molecule has 5 nitrogen and oxygen atoms in total. The second-order valence-electron chi connectivity index (χ2n) is 6.60. The average molecular weight is 299 g/mol. The van der Waals surface area contributed by atoms with E-state index in [0.717, 1.165) is 30.4 Å². The molecule has 0 bridgehead atoms. The molecule has 0 saturated carbocycles. The number of nitrogens with zero attached hydrogens (tertiary/aromatic N) is 4. The van der Waals surface area contributed by atoms with Crippen molar-refractivity contribution in [3.63, 3.8) is 0 Å². The van der Waals surface area contributed by atoms with Crippen molar-refractivity contribution >= 4 is 11.8 Å². The maximum Gasteiger partial charge on any atom is 0.227 e. The summed E-state index contributed by atoms with van der Waals surface area (Å²) in [5.74, 6) is 1.62. The first kappa shape index (κ1) is 16.2. The Morgan fingerprint density at radius 3 is 2.45 bits per heavy atom. The minimum Gasteiger partial charge on any atom is -0.365 e. The normalized spacial score (nSPS) is 11.3. The highest BCUT2D eigenvalue weighted by Crippen LogP contribution is 2.17. The minimum atomic E-state index is -0.0202. The fraction of sp³-hybridized carbons (Fsp3) is 0.471. The molecule has 1 N–H and O–H groups in total. The van der Waals surface area contributed by atoms with Gasteiger partial charge < -0.3 is 10.2 Å². The third-order valence-corrected chi connectivity index (χ3v) is 3.17. The van der Waals surface area contributed by atoms with Crippen LogP contribution in [0.2, 0.25) is 0 Å². The maximum atomic E-state index is 4.62. The molecule has 0 atom stereocenters. The van der Waals surface area contributed by atoms with Gasteiger partial charge in [0.1, 0.15) is 5.82 Å². The van der Waals surface area contributed by atoms with Gasteiger partial charge in [-0.3, -0.25) is 4.98 Å². The first-order valence-corrected chi connectivity index (χ1v) is 7.57. The fourth-order valence-corrected chi connectivity index (χ4v) is 2.12. The highest BCUT2D eigenvalue weighted by molar-refractivity contribution is 5.44. The lowest BCUT2D eigenvalue weighted by atomic mass is 10.1. The van der Waals surface area contributed by atoms with Crippen molar-refractivity contribution in [2.45, 2.75) is 39.7 Å². The SMILES string of the molecule is Cc1cc(NC(C)(C)C)nc(N(C)CCc2ccncc2)n1. The van der Waals surface area contributed by atoms with Gasteiger partial charge in [0.2, 0.25) is 5.95 Å². The van der Waals surface area contributed by atoms with Gasteiger partial charge in [-0.25, -0.2) is 4.98 Å². The van der Waals surface area contributed by atoms with E-state index in [-0.39, 0.29) is 5.54 Å². The van der Waals surface area contributed by atoms with Crippen LogP contribution in [0.15, 0.2) is 30.6 Å². The van der Waals surface area contributed by atoms with Crippen LogP contribution in [0.5, 0.6) is 0 Å². The second-order valence-corrected chi connectivity index (χ2v) is 6.60. The maximum absolute atomic E-state index is 4.62. The van der Waals surface area contributed by atoms with Crippen molar-refractivity contribution in [3.8, 4) is 0 Å². The third kappa shape index (κ3) is 4.98. The van der Waals surface area contributed by atoms with Gasteiger partial charge in [-0.15, -0.1) is 0 Å². The molecule has 0 radical (unpaired) electrons. The zero-order valence-corrected chi connectivity index (χ0v) is 14.1. The van der Waals surface area contributed by atoms with Gasteiger partial charge in [0.15, 0.2) is 0 Å². The van der Waals surface area contributed by atoms with E-state index in [1.807, 2.05) is 44.6 Å². The number of likely N-dealkylation sites (N-methyl/N-ethyl adjacent to an activating group) is 1. The standard InChI is InChI=1S/C17H25N5/c1-13-12-15(21-17(2,3)4)20-16(19-13)22(5)11-8-14-6-9-18-10-7-14/h6-7,9-10,12H,8,11H2,1-5H3,(H,19,20,21). The van der Waals surface area contributed by atoms with Crippen molar-refractivity contribution < 1.29 is 0 Å². The molecule has 0 unspecified atom stereocenters. The van der Waals surface area contributed by atoms with E-state index in [0.29, 0.717) is 0 Å². The Morgan fingerprint density at radius 2 is 1.82 bits per heavy atom. The molecule has 0 aliphatic rings. The van der Waals surface area contributed by atoms with E-state index < -0.39 is 0 Å². The summed E-state index contributed by atoms with van der Waals surface area (Å²) in [6, 6.07) is 6.06. The topological polar surface area (TPSA) is 53.9 Å². The zero-order valence-electron chi connectivity index (χ0n) is 14.1. The zero-order chi connectivity index (χ0) is 16.2. The van der Waals surface area contributed by atoms with Crippen LogP contribution >= 0.6 is 0 Å². The Balaban J connectivity index is 2.07. The van der Waals surface area contributed by atoms with Crippen LogP contribution < -0.4 is 10.2 Å². The number of hydrogen-bond donors (Lipinski definition) is 1. The van der Waals surface area contributed by atoms with Gasteiger partial charge >= 0.3 is 0 Å². The average Bonchev–Trinajstić information content (AvgIpc) is 2.43. The summed E-state index contributed by atoms with van der Waals surface area (Å²) >= 11 is 0. The summed E-state index contributed by atoms with van der Waals surface area (Å²) < 4.78 is 0. The molecule has 0 amide bonds. The lowest BCUT2D eigenvalue weighted by Crippen LogP contribution is -2.28. The smallest absolute Gasteiger partial charge is 0.227 e. The lowest BCUT2D eigenvalue weighted by Gasteiger charge is -2.23. The number of aryl methyl sites for hydroxylation is 1. The number of anilines is 2. The molecule has 2 aromatic heterocycles. The first-order valence-electron chi connectivity index (χ1n) is 7.57. The summed E-state index contributed by atoms with van der Waals surface area (Å²) in [7, 11) is 2.02. The van der Waals surface area contributed by atoms with Crippen molar-refractivity contribution in [1.82, 2.24) is 15.0 Å². The Bertz CT molecular complexity index is 604. The molecule has 2 rings (SSSR count). The Labute approximate surface area is 132 Å². The highest BCUT2D eigenvalue weighted by Gasteiger charge is 2.13. The van der Waals surface area contributed by atoms with E-state index in [9.17, 15) is 0 Å². The summed E-state index contributed by atoms with van der Waals surface area (Å²) in [5.41, 5.74) is 2.21. The molecule has 0 aliphatic carbocycles. The van der Waals surface area contributed by atoms with Gasteiger partial charge in [0.25, 0.3) is 0 Å². The Morgan fingerprint density at radius 1 is 1.14 bits per heavy atom. The van der Waals surface area contributed by atoms with Crippen LogP contribution in [0, 0.1) is 6.92 Å². The van der Waals surface area contributed by atoms with E-state index in [2.05, 4.69) is 45.9 Å². The van der Waals surface area contributed by atoms with Crippen molar-refractivity contribution in [2.24, 2.45) is 0 Å².